The molecule has 0 heterocycles. The van der Waals surface area contributed by atoms with Crippen molar-refractivity contribution in [1.82, 2.24) is 0 Å². The van der Waals surface area contributed by atoms with Crippen LogP contribution in [0.15, 0.2) is 65.7 Å². The highest BCUT2D eigenvalue weighted by Gasteiger charge is 2.14. The minimum atomic E-state index is 0.134. The Labute approximate surface area is 127 Å². The van der Waals surface area contributed by atoms with Crippen molar-refractivity contribution in [1.29, 1.82) is 0 Å². The largest absolute Gasteiger partial charge is 0.284 e. The number of hydrogen-bond donors (Lipinski definition) is 0. The molecular weight excluding hydrogens is 254 g/mol. The lowest BCUT2D eigenvalue weighted by molar-refractivity contribution is 0.444. The van der Waals surface area contributed by atoms with Crippen molar-refractivity contribution in [2.45, 2.75) is 38.1 Å². The maximum atomic E-state index is 4.96. The first-order valence-corrected chi connectivity index (χ1v) is 8.06. The summed E-state index contributed by atoms with van der Waals surface area (Å²) >= 11 is 0. The third-order valence-electron chi connectivity index (χ3n) is 4.33. The molecule has 0 amide bonds. The molecule has 1 fully saturated rings. The zero-order chi connectivity index (χ0) is 14.3. The van der Waals surface area contributed by atoms with Gasteiger partial charge in [-0.3, -0.25) is 4.99 Å². The fourth-order valence-electron chi connectivity index (χ4n) is 3.13. The Hall–Kier alpha value is -1.89. The predicted molar refractivity (Wildman–Crippen MR) is 89.8 cm³/mol. The molecule has 2 aromatic carbocycles. The van der Waals surface area contributed by atoms with Gasteiger partial charge in [0.1, 0.15) is 0 Å². The summed E-state index contributed by atoms with van der Waals surface area (Å²) in [7, 11) is 0. The van der Waals surface area contributed by atoms with Gasteiger partial charge in [-0.05, 0) is 29.9 Å². The summed E-state index contributed by atoms with van der Waals surface area (Å²) in [6, 6.07) is 21.4. The van der Waals surface area contributed by atoms with E-state index >= 15 is 0 Å². The van der Waals surface area contributed by atoms with E-state index in [1.54, 1.807) is 0 Å². The first kappa shape index (κ1) is 14.1. The third-order valence-corrected chi connectivity index (χ3v) is 4.33. The van der Waals surface area contributed by atoms with E-state index in [0.29, 0.717) is 5.92 Å². The molecule has 1 aliphatic rings. The van der Waals surface area contributed by atoms with Gasteiger partial charge in [-0.25, -0.2) is 0 Å². The van der Waals surface area contributed by atoms with Gasteiger partial charge < -0.3 is 0 Å². The molecule has 1 heteroatoms. The molecule has 0 radical (unpaired) electrons. The molecule has 0 unspecified atom stereocenters. The molecule has 0 aromatic heterocycles. The van der Waals surface area contributed by atoms with E-state index in [2.05, 4.69) is 66.9 Å². The van der Waals surface area contributed by atoms with Crippen LogP contribution in [0.1, 0.15) is 49.3 Å². The summed E-state index contributed by atoms with van der Waals surface area (Å²) in [5.74, 6) is 0.675. The van der Waals surface area contributed by atoms with Crippen LogP contribution in [-0.4, -0.2) is 6.21 Å². The lowest BCUT2D eigenvalue weighted by Gasteiger charge is -2.19. The number of aliphatic imine (C=N–C) groups is 1. The first-order chi connectivity index (χ1) is 10.4. The van der Waals surface area contributed by atoms with Crippen LogP contribution in [0.2, 0.25) is 0 Å². The molecule has 1 nitrogen and oxygen atoms in total. The van der Waals surface area contributed by atoms with E-state index in [9.17, 15) is 0 Å². The first-order valence-electron chi connectivity index (χ1n) is 8.06. The van der Waals surface area contributed by atoms with E-state index in [4.69, 9.17) is 4.99 Å². The molecule has 0 saturated heterocycles. The Morgan fingerprint density at radius 3 is 1.81 bits per heavy atom. The lowest BCUT2D eigenvalue weighted by Crippen LogP contribution is -2.08. The van der Waals surface area contributed by atoms with E-state index in [0.717, 1.165) is 0 Å². The fourth-order valence-corrected chi connectivity index (χ4v) is 3.13. The molecule has 0 spiro atoms. The highest BCUT2D eigenvalue weighted by molar-refractivity contribution is 5.62. The summed E-state index contributed by atoms with van der Waals surface area (Å²) in [6.07, 6.45) is 8.95. The topological polar surface area (TPSA) is 12.4 Å². The van der Waals surface area contributed by atoms with Gasteiger partial charge in [0.25, 0.3) is 0 Å². The number of nitrogens with zero attached hydrogens (tertiary/aromatic N) is 1. The Kier molecular flexibility index (Phi) is 4.83. The van der Waals surface area contributed by atoms with E-state index in [1.807, 2.05) is 0 Å². The minimum absolute atomic E-state index is 0.134. The molecule has 0 bridgehead atoms. The highest BCUT2D eigenvalue weighted by Crippen LogP contribution is 2.27. The van der Waals surface area contributed by atoms with Crippen molar-refractivity contribution in [2.24, 2.45) is 10.9 Å². The summed E-state index contributed by atoms with van der Waals surface area (Å²) in [6.45, 7) is 0. The van der Waals surface area contributed by atoms with Crippen molar-refractivity contribution in [3.8, 4) is 0 Å². The fraction of sp³-hybridized carbons (Fsp3) is 0.350. The Bertz CT molecular complexity index is 513. The molecule has 108 valence electrons. The Balaban J connectivity index is 1.84. The number of rotatable bonds is 4. The SMILES string of the molecule is C(=N\C(c1ccccc1)c1ccccc1)/C1CCCCC1. The van der Waals surface area contributed by atoms with Gasteiger partial charge in [-0.2, -0.15) is 0 Å². The van der Waals surface area contributed by atoms with Gasteiger partial charge in [-0.15, -0.1) is 0 Å². The molecule has 0 aliphatic heterocycles. The molecule has 0 N–H and O–H groups in total. The molecule has 2 aromatic rings. The Morgan fingerprint density at radius 1 is 0.762 bits per heavy atom. The van der Waals surface area contributed by atoms with Gasteiger partial charge in [-0.1, -0.05) is 79.9 Å². The monoisotopic (exact) mass is 277 g/mol. The van der Waals surface area contributed by atoms with Crippen LogP contribution in [-0.2, 0) is 0 Å². The quantitative estimate of drug-likeness (QED) is 0.661. The van der Waals surface area contributed by atoms with Crippen LogP contribution in [0.25, 0.3) is 0 Å². The molecule has 21 heavy (non-hydrogen) atoms. The van der Waals surface area contributed by atoms with Gasteiger partial charge in [0, 0.05) is 6.21 Å². The zero-order valence-corrected chi connectivity index (χ0v) is 12.5. The third kappa shape index (κ3) is 3.81. The standard InChI is InChI=1S/C20H23N/c1-4-10-17(11-5-1)16-21-20(18-12-6-2-7-13-18)19-14-8-3-9-15-19/h2-3,6-9,12-17,20H,1,4-5,10-11H2/b21-16+. The summed E-state index contributed by atoms with van der Waals surface area (Å²) in [4.78, 5) is 4.96. The van der Waals surface area contributed by atoms with Crippen LogP contribution < -0.4 is 0 Å². The maximum Gasteiger partial charge on any atom is 0.0995 e. The summed E-state index contributed by atoms with van der Waals surface area (Å²) in [5.41, 5.74) is 2.55. The second kappa shape index (κ2) is 7.21. The molecule has 3 rings (SSSR count). The van der Waals surface area contributed by atoms with Crippen LogP contribution in [0, 0.1) is 5.92 Å². The van der Waals surface area contributed by atoms with E-state index < -0.39 is 0 Å². The van der Waals surface area contributed by atoms with E-state index in [-0.39, 0.29) is 6.04 Å². The van der Waals surface area contributed by atoms with E-state index in [1.165, 1.54) is 43.2 Å². The molecule has 1 aliphatic carbocycles. The van der Waals surface area contributed by atoms with Crippen molar-refractivity contribution >= 4 is 6.21 Å². The molecule has 1 saturated carbocycles. The molecule has 0 atom stereocenters. The summed E-state index contributed by atoms with van der Waals surface area (Å²) in [5, 5.41) is 0. The van der Waals surface area contributed by atoms with Crippen LogP contribution in [0.4, 0.5) is 0 Å². The van der Waals surface area contributed by atoms with Crippen LogP contribution in [0.5, 0.6) is 0 Å². The highest BCUT2D eigenvalue weighted by atomic mass is 14.8. The Morgan fingerprint density at radius 2 is 1.29 bits per heavy atom. The second-order valence-corrected chi connectivity index (χ2v) is 5.92. The minimum Gasteiger partial charge on any atom is -0.284 e. The lowest BCUT2D eigenvalue weighted by atomic mass is 9.90. The predicted octanol–water partition coefficient (Wildman–Crippen LogP) is 5.43. The zero-order valence-electron chi connectivity index (χ0n) is 12.5. The van der Waals surface area contributed by atoms with Crippen molar-refractivity contribution < 1.29 is 0 Å². The van der Waals surface area contributed by atoms with Gasteiger partial charge in [0.15, 0.2) is 0 Å². The normalized spacial score (nSPS) is 16.6. The second-order valence-electron chi connectivity index (χ2n) is 5.92. The van der Waals surface area contributed by atoms with Crippen LogP contribution >= 0.6 is 0 Å². The van der Waals surface area contributed by atoms with Gasteiger partial charge in [0.2, 0.25) is 0 Å². The van der Waals surface area contributed by atoms with Crippen molar-refractivity contribution in [2.75, 3.05) is 0 Å². The molecular formula is C20H23N. The number of benzene rings is 2. The number of hydrogen-bond acceptors (Lipinski definition) is 1. The van der Waals surface area contributed by atoms with Gasteiger partial charge >= 0.3 is 0 Å². The average molecular weight is 277 g/mol. The average Bonchev–Trinajstić information content (AvgIpc) is 2.58. The maximum absolute atomic E-state index is 4.96. The van der Waals surface area contributed by atoms with Gasteiger partial charge in [0.05, 0.1) is 6.04 Å². The summed E-state index contributed by atoms with van der Waals surface area (Å²) < 4.78 is 0. The smallest absolute Gasteiger partial charge is 0.0995 e. The van der Waals surface area contributed by atoms with Crippen molar-refractivity contribution in [3.63, 3.8) is 0 Å². The van der Waals surface area contributed by atoms with Crippen LogP contribution in [0.3, 0.4) is 0 Å². The van der Waals surface area contributed by atoms with Crippen molar-refractivity contribution in [3.05, 3.63) is 71.8 Å².